The van der Waals surface area contributed by atoms with Crippen LogP contribution < -0.4 is 5.32 Å². The quantitative estimate of drug-likeness (QED) is 0.766. The lowest BCUT2D eigenvalue weighted by Crippen LogP contribution is -2.35. The van der Waals surface area contributed by atoms with Crippen LogP contribution in [0.25, 0.3) is 0 Å². The number of hydrogen-bond donors (Lipinski definition) is 2. The Morgan fingerprint density at radius 3 is 2.36 bits per heavy atom. The van der Waals surface area contributed by atoms with Gasteiger partial charge in [0.1, 0.15) is 6.04 Å². The SMILES string of the molecule is C[C@@H](N[C@H](C)c1ccccc1)C(=O)O. The van der Waals surface area contributed by atoms with Crippen LogP contribution >= 0.6 is 0 Å². The summed E-state index contributed by atoms with van der Waals surface area (Å²) in [6.07, 6.45) is 0. The first kappa shape index (κ1) is 10.7. The normalized spacial score (nSPS) is 14.7. The fourth-order valence-corrected chi connectivity index (χ4v) is 1.28. The summed E-state index contributed by atoms with van der Waals surface area (Å²) >= 11 is 0. The largest absolute Gasteiger partial charge is 0.480 e. The fourth-order valence-electron chi connectivity index (χ4n) is 1.28. The Bertz CT molecular complexity index is 297. The summed E-state index contributed by atoms with van der Waals surface area (Å²) in [6, 6.07) is 9.32. The molecule has 3 heteroatoms. The standard InChI is InChI=1S/C11H15NO2/c1-8(12-9(2)11(13)14)10-6-4-3-5-7-10/h3-9,12H,1-2H3,(H,13,14)/t8-,9-/m1/s1. The van der Waals surface area contributed by atoms with Crippen LogP contribution in [0.1, 0.15) is 25.5 Å². The Morgan fingerprint density at radius 1 is 1.29 bits per heavy atom. The summed E-state index contributed by atoms with van der Waals surface area (Å²) < 4.78 is 0. The molecule has 14 heavy (non-hydrogen) atoms. The molecule has 0 aliphatic rings. The van der Waals surface area contributed by atoms with Gasteiger partial charge in [0.2, 0.25) is 0 Å². The maximum absolute atomic E-state index is 10.6. The highest BCUT2D eigenvalue weighted by atomic mass is 16.4. The first-order valence-corrected chi connectivity index (χ1v) is 4.65. The maximum atomic E-state index is 10.6. The summed E-state index contributed by atoms with van der Waals surface area (Å²) in [6.45, 7) is 3.59. The van der Waals surface area contributed by atoms with Crippen molar-refractivity contribution in [3.8, 4) is 0 Å². The molecule has 0 bridgehead atoms. The van der Waals surface area contributed by atoms with Crippen molar-refractivity contribution in [2.45, 2.75) is 25.9 Å². The Balaban J connectivity index is 2.59. The molecule has 1 aromatic rings. The topological polar surface area (TPSA) is 49.3 Å². The Morgan fingerprint density at radius 2 is 1.86 bits per heavy atom. The van der Waals surface area contributed by atoms with Gasteiger partial charge in [-0.05, 0) is 19.4 Å². The highest BCUT2D eigenvalue weighted by Gasteiger charge is 2.14. The van der Waals surface area contributed by atoms with Crippen molar-refractivity contribution in [3.05, 3.63) is 35.9 Å². The summed E-state index contributed by atoms with van der Waals surface area (Å²) in [7, 11) is 0. The zero-order valence-electron chi connectivity index (χ0n) is 8.40. The second-order valence-electron chi connectivity index (χ2n) is 3.36. The van der Waals surface area contributed by atoms with Gasteiger partial charge in [-0.15, -0.1) is 0 Å². The molecule has 0 heterocycles. The second-order valence-corrected chi connectivity index (χ2v) is 3.36. The summed E-state index contributed by atoms with van der Waals surface area (Å²) in [5.74, 6) is -0.826. The highest BCUT2D eigenvalue weighted by molar-refractivity contribution is 5.72. The van der Waals surface area contributed by atoms with Gasteiger partial charge in [-0.3, -0.25) is 10.1 Å². The molecule has 0 radical (unpaired) electrons. The molecule has 2 N–H and O–H groups in total. The van der Waals surface area contributed by atoms with Crippen molar-refractivity contribution in [2.24, 2.45) is 0 Å². The second kappa shape index (κ2) is 4.77. The van der Waals surface area contributed by atoms with E-state index < -0.39 is 12.0 Å². The van der Waals surface area contributed by atoms with Crippen LogP contribution in [-0.2, 0) is 4.79 Å². The minimum atomic E-state index is -0.826. The van der Waals surface area contributed by atoms with Gasteiger partial charge in [-0.25, -0.2) is 0 Å². The number of carbonyl (C=O) groups is 1. The van der Waals surface area contributed by atoms with Gasteiger partial charge in [0.05, 0.1) is 0 Å². The highest BCUT2D eigenvalue weighted by Crippen LogP contribution is 2.11. The zero-order valence-corrected chi connectivity index (χ0v) is 8.40. The van der Waals surface area contributed by atoms with E-state index in [9.17, 15) is 4.79 Å². The van der Waals surface area contributed by atoms with E-state index in [1.807, 2.05) is 37.3 Å². The minimum absolute atomic E-state index is 0.0577. The first-order valence-electron chi connectivity index (χ1n) is 4.65. The molecule has 0 unspecified atom stereocenters. The van der Waals surface area contributed by atoms with Crippen LogP contribution in [0.15, 0.2) is 30.3 Å². The molecular formula is C11H15NO2. The van der Waals surface area contributed by atoms with Crippen LogP contribution in [-0.4, -0.2) is 17.1 Å². The number of aliphatic carboxylic acids is 1. The van der Waals surface area contributed by atoms with Gasteiger partial charge in [0, 0.05) is 6.04 Å². The smallest absolute Gasteiger partial charge is 0.320 e. The fraction of sp³-hybridized carbons (Fsp3) is 0.364. The predicted octanol–water partition coefficient (Wildman–Crippen LogP) is 1.81. The summed E-state index contributed by atoms with van der Waals surface area (Å²) in [5.41, 5.74) is 1.10. The van der Waals surface area contributed by atoms with E-state index in [2.05, 4.69) is 5.32 Å². The number of benzene rings is 1. The number of hydrogen-bond acceptors (Lipinski definition) is 2. The average molecular weight is 193 g/mol. The lowest BCUT2D eigenvalue weighted by Gasteiger charge is -2.17. The summed E-state index contributed by atoms with van der Waals surface area (Å²) in [4.78, 5) is 10.6. The third-order valence-electron chi connectivity index (χ3n) is 2.17. The van der Waals surface area contributed by atoms with Crippen molar-refractivity contribution >= 4 is 5.97 Å². The van der Waals surface area contributed by atoms with Gasteiger partial charge in [-0.1, -0.05) is 30.3 Å². The van der Waals surface area contributed by atoms with E-state index >= 15 is 0 Å². The molecule has 2 atom stereocenters. The maximum Gasteiger partial charge on any atom is 0.320 e. The zero-order chi connectivity index (χ0) is 10.6. The molecule has 0 saturated carbocycles. The van der Waals surface area contributed by atoms with Gasteiger partial charge in [-0.2, -0.15) is 0 Å². The van der Waals surface area contributed by atoms with Crippen LogP contribution in [0.3, 0.4) is 0 Å². The third-order valence-corrected chi connectivity index (χ3v) is 2.17. The molecule has 1 rings (SSSR count). The van der Waals surface area contributed by atoms with Crippen molar-refractivity contribution in [2.75, 3.05) is 0 Å². The summed E-state index contributed by atoms with van der Waals surface area (Å²) in [5, 5.41) is 11.7. The van der Waals surface area contributed by atoms with E-state index in [1.165, 1.54) is 0 Å². The van der Waals surface area contributed by atoms with Crippen molar-refractivity contribution in [1.82, 2.24) is 5.32 Å². The Labute approximate surface area is 83.8 Å². The van der Waals surface area contributed by atoms with E-state index in [1.54, 1.807) is 6.92 Å². The van der Waals surface area contributed by atoms with Crippen molar-refractivity contribution in [1.29, 1.82) is 0 Å². The van der Waals surface area contributed by atoms with E-state index in [0.29, 0.717) is 0 Å². The van der Waals surface area contributed by atoms with Crippen molar-refractivity contribution < 1.29 is 9.90 Å². The number of carboxylic acids is 1. The van der Waals surface area contributed by atoms with Crippen LogP contribution in [0.2, 0.25) is 0 Å². The van der Waals surface area contributed by atoms with Gasteiger partial charge in [0.15, 0.2) is 0 Å². The molecule has 0 fully saturated rings. The molecular weight excluding hydrogens is 178 g/mol. The first-order chi connectivity index (χ1) is 6.61. The molecule has 0 spiro atoms. The molecule has 0 aromatic heterocycles. The Hall–Kier alpha value is -1.35. The Kier molecular flexibility index (Phi) is 3.65. The number of nitrogens with one attached hydrogen (secondary N) is 1. The van der Waals surface area contributed by atoms with E-state index in [4.69, 9.17) is 5.11 Å². The molecule has 76 valence electrons. The van der Waals surface area contributed by atoms with Gasteiger partial charge < -0.3 is 5.11 Å². The third kappa shape index (κ3) is 2.85. The molecule has 0 aliphatic heterocycles. The van der Waals surface area contributed by atoms with Crippen molar-refractivity contribution in [3.63, 3.8) is 0 Å². The van der Waals surface area contributed by atoms with Gasteiger partial charge in [0.25, 0.3) is 0 Å². The molecule has 0 aliphatic carbocycles. The van der Waals surface area contributed by atoms with Gasteiger partial charge >= 0.3 is 5.97 Å². The number of carboxylic acid groups (broad SMARTS) is 1. The predicted molar refractivity (Wildman–Crippen MR) is 55.1 cm³/mol. The molecule has 0 amide bonds. The monoisotopic (exact) mass is 193 g/mol. The molecule has 3 nitrogen and oxygen atoms in total. The number of rotatable bonds is 4. The molecule has 1 aromatic carbocycles. The lowest BCUT2D eigenvalue weighted by molar-refractivity contribution is -0.139. The van der Waals surface area contributed by atoms with Crippen LogP contribution in [0, 0.1) is 0 Å². The lowest BCUT2D eigenvalue weighted by atomic mass is 10.1. The average Bonchev–Trinajstić information content (AvgIpc) is 2.19. The molecule has 0 saturated heterocycles. The van der Waals surface area contributed by atoms with E-state index in [-0.39, 0.29) is 6.04 Å². The van der Waals surface area contributed by atoms with Crippen LogP contribution in [0.4, 0.5) is 0 Å². The minimum Gasteiger partial charge on any atom is -0.480 e. The van der Waals surface area contributed by atoms with E-state index in [0.717, 1.165) is 5.56 Å². The van der Waals surface area contributed by atoms with Crippen LogP contribution in [0.5, 0.6) is 0 Å².